The molecule has 0 aromatic carbocycles. The van der Waals surface area contributed by atoms with Gasteiger partial charge < -0.3 is 4.55 Å². The minimum absolute atomic E-state index is 0.794. The van der Waals surface area contributed by atoms with E-state index < -0.39 is 33.4 Å². The highest BCUT2D eigenvalue weighted by Crippen LogP contribution is 2.54. The van der Waals surface area contributed by atoms with Gasteiger partial charge in [0.25, 0.3) is 0 Å². The van der Waals surface area contributed by atoms with Gasteiger partial charge in [0.15, 0.2) is 10.1 Å². The molecule has 0 saturated heterocycles. The smallest absolute Gasteiger partial charge is 0.460 e. The molecule has 0 unspecified atom stereocenters. The molecular weight excluding hydrogens is 435 g/mol. The Bertz CT molecular complexity index is 743. The number of alkyl halides is 9. The normalized spacial score (nSPS) is 14.1. The maximum absolute atomic E-state index is 12.2. The largest absolute Gasteiger partial charge is 0.743 e. The van der Waals surface area contributed by atoms with Crippen LogP contribution in [0.1, 0.15) is 20.3 Å². The lowest BCUT2D eigenvalue weighted by atomic mass is 10.1. The third-order valence-electron chi connectivity index (χ3n) is 3.22. The van der Waals surface area contributed by atoms with Crippen LogP contribution in [0.4, 0.5) is 39.5 Å². The molecule has 0 aliphatic rings. The standard InChI is InChI=1S/C9H17N2.C4HF9O3S/c1-9(2)4-5-11-7-6-10(3)8-11;5-1(6,3(9,10)11)2(7,8)4(12,13)17(14,15)16/h6-9H,4-5H2,1-3H3;(H,14,15,16)/q+1;/p-1. The van der Waals surface area contributed by atoms with Gasteiger partial charge in [0.1, 0.15) is 12.4 Å². The zero-order chi connectivity index (χ0) is 22.8. The maximum atomic E-state index is 12.2. The van der Waals surface area contributed by atoms with Gasteiger partial charge in [-0.05, 0) is 12.3 Å². The summed E-state index contributed by atoms with van der Waals surface area (Å²) in [6, 6.07) is 0. The third-order valence-corrected chi connectivity index (χ3v) is 4.10. The Morgan fingerprint density at radius 1 is 1.00 bits per heavy atom. The second-order valence-electron chi connectivity index (χ2n) is 6.12. The zero-order valence-corrected chi connectivity index (χ0v) is 15.5. The van der Waals surface area contributed by atoms with E-state index in [2.05, 4.69) is 41.7 Å². The fraction of sp³-hybridized carbons (Fsp3) is 0.769. The van der Waals surface area contributed by atoms with Crippen molar-refractivity contribution in [1.82, 2.24) is 4.57 Å². The van der Waals surface area contributed by atoms with Crippen LogP contribution in [0.5, 0.6) is 0 Å². The van der Waals surface area contributed by atoms with E-state index in [1.54, 1.807) is 0 Å². The molecule has 0 amide bonds. The average molecular weight is 452 g/mol. The van der Waals surface area contributed by atoms with Crippen molar-refractivity contribution in [3.63, 3.8) is 0 Å². The molecule has 0 N–H and O–H groups in total. The Hall–Kier alpha value is -1.51. The van der Waals surface area contributed by atoms with Crippen molar-refractivity contribution >= 4 is 10.1 Å². The van der Waals surface area contributed by atoms with Gasteiger partial charge in [-0.25, -0.2) is 17.6 Å². The van der Waals surface area contributed by atoms with Crippen molar-refractivity contribution in [2.75, 3.05) is 0 Å². The van der Waals surface area contributed by atoms with Gasteiger partial charge in [-0.2, -0.15) is 39.5 Å². The van der Waals surface area contributed by atoms with Crippen LogP contribution in [0.15, 0.2) is 18.7 Å². The van der Waals surface area contributed by atoms with Crippen LogP contribution < -0.4 is 4.57 Å². The molecule has 0 aliphatic carbocycles. The number of aryl methyl sites for hydroxylation is 2. The molecule has 1 aromatic heterocycles. The van der Waals surface area contributed by atoms with Crippen LogP contribution in [-0.4, -0.2) is 40.8 Å². The first-order valence-electron chi connectivity index (χ1n) is 7.35. The fourth-order valence-corrected chi connectivity index (χ4v) is 2.00. The average Bonchev–Trinajstić information content (AvgIpc) is 2.88. The molecule has 15 heteroatoms. The van der Waals surface area contributed by atoms with Crippen molar-refractivity contribution in [1.29, 1.82) is 0 Å². The number of imidazole rings is 1. The number of nitrogens with zero attached hydrogens (tertiary/aromatic N) is 2. The van der Waals surface area contributed by atoms with Gasteiger partial charge in [-0.1, -0.05) is 13.8 Å². The summed E-state index contributed by atoms with van der Waals surface area (Å²) in [5.41, 5.74) is 0. The van der Waals surface area contributed by atoms with E-state index in [0.717, 1.165) is 12.5 Å². The summed E-state index contributed by atoms with van der Waals surface area (Å²) < 4.78 is 140. The number of hydrogen-bond acceptors (Lipinski definition) is 3. The van der Waals surface area contributed by atoms with Crippen molar-refractivity contribution in [3.05, 3.63) is 18.7 Å². The highest BCUT2D eigenvalue weighted by molar-refractivity contribution is 7.86. The molecule has 0 aliphatic heterocycles. The number of rotatable bonds is 6. The van der Waals surface area contributed by atoms with E-state index >= 15 is 0 Å². The fourth-order valence-electron chi connectivity index (χ4n) is 1.56. The quantitative estimate of drug-likeness (QED) is 0.378. The summed E-state index contributed by atoms with van der Waals surface area (Å²) in [4.78, 5) is 0. The van der Waals surface area contributed by atoms with Crippen molar-refractivity contribution in [2.24, 2.45) is 13.0 Å². The molecule has 0 spiro atoms. The van der Waals surface area contributed by atoms with E-state index in [1.807, 2.05) is 7.05 Å². The maximum Gasteiger partial charge on any atom is 0.460 e. The Morgan fingerprint density at radius 3 is 1.75 bits per heavy atom. The van der Waals surface area contributed by atoms with Crippen LogP contribution in [0.3, 0.4) is 0 Å². The number of hydrogen-bond donors (Lipinski definition) is 0. The molecule has 0 bridgehead atoms. The Morgan fingerprint density at radius 2 is 1.46 bits per heavy atom. The summed E-state index contributed by atoms with van der Waals surface area (Å²) in [5, 5.41) is -7.11. The topological polar surface area (TPSA) is 66.0 Å². The molecule has 1 aromatic rings. The monoisotopic (exact) mass is 452 g/mol. The first-order chi connectivity index (χ1) is 12.2. The van der Waals surface area contributed by atoms with Gasteiger partial charge >= 0.3 is 23.3 Å². The Labute approximate surface area is 154 Å². The number of halogens is 9. The summed E-state index contributed by atoms with van der Waals surface area (Å²) in [6.07, 6.45) is 0.393. The summed E-state index contributed by atoms with van der Waals surface area (Å²) in [5.74, 6) is -14.0. The van der Waals surface area contributed by atoms with Gasteiger partial charge in [-0.15, -0.1) is 0 Å². The van der Waals surface area contributed by atoms with Gasteiger partial charge in [0, 0.05) is 0 Å². The van der Waals surface area contributed by atoms with Crippen molar-refractivity contribution in [3.8, 4) is 0 Å². The van der Waals surface area contributed by atoms with Crippen LogP contribution in [-0.2, 0) is 23.7 Å². The second-order valence-corrected chi connectivity index (χ2v) is 7.54. The lowest BCUT2D eigenvalue weighted by molar-refractivity contribution is -0.671. The van der Waals surface area contributed by atoms with E-state index in [0.29, 0.717) is 0 Å². The second kappa shape index (κ2) is 8.47. The molecule has 0 saturated carbocycles. The lowest BCUT2D eigenvalue weighted by Gasteiger charge is -2.34. The van der Waals surface area contributed by atoms with Gasteiger partial charge in [0.2, 0.25) is 6.33 Å². The van der Waals surface area contributed by atoms with Crippen molar-refractivity contribution < 1.29 is 57.1 Å². The van der Waals surface area contributed by atoms with Crippen molar-refractivity contribution in [2.45, 2.75) is 50.1 Å². The molecule has 0 radical (unpaired) electrons. The zero-order valence-electron chi connectivity index (χ0n) is 14.7. The van der Waals surface area contributed by atoms with Crippen LogP contribution in [0, 0.1) is 5.92 Å². The molecule has 1 rings (SSSR count). The van der Waals surface area contributed by atoms with Crippen LogP contribution in [0.25, 0.3) is 0 Å². The summed E-state index contributed by atoms with van der Waals surface area (Å²) in [6.45, 7) is 5.64. The molecular formula is C13H17F9N2O3S. The van der Waals surface area contributed by atoms with Gasteiger partial charge in [-0.3, -0.25) is 0 Å². The molecule has 28 heavy (non-hydrogen) atoms. The van der Waals surface area contributed by atoms with E-state index in [9.17, 15) is 52.5 Å². The summed E-state index contributed by atoms with van der Waals surface area (Å²) >= 11 is 0. The molecule has 166 valence electrons. The van der Waals surface area contributed by atoms with Crippen LogP contribution >= 0.6 is 0 Å². The predicted molar refractivity (Wildman–Crippen MR) is 75.7 cm³/mol. The Kier molecular flexibility index (Phi) is 8.01. The van der Waals surface area contributed by atoms with E-state index in [4.69, 9.17) is 0 Å². The molecule has 5 nitrogen and oxygen atoms in total. The SMILES string of the molecule is CC(C)CCn1cc[n+](C)c1.O=S(=O)([O-])C(F)(F)C(F)(F)C(F)(F)C(F)(F)F. The highest BCUT2D eigenvalue weighted by Gasteiger charge is 2.83. The first kappa shape index (κ1) is 26.5. The van der Waals surface area contributed by atoms with E-state index in [1.165, 1.54) is 6.42 Å². The highest BCUT2D eigenvalue weighted by atomic mass is 32.2. The minimum Gasteiger partial charge on any atom is -0.743 e. The van der Waals surface area contributed by atoms with Crippen LogP contribution in [0.2, 0.25) is 0 Å². The van der Waals surface area contributed by atoms with Gasteiger partial charge in [0.05, 0.1) is 13.6 Å². The predicted octanol–water partition coefficient (Wildman–Crippen LogP) is 3.32. The van der Waals surface area contributed by atoms with E-state index in [-0.39, 0.29) is 0 Å². The summed E-state index contributed by atoms with van der Waals surface area (Å²) in [7, 11) is -5.37. The number of aromatic nitrogens is 2. The third kappa shape index (κ3) is 5.75. The first-order valence-corrected chi connectivity index (χ1v) is 8.76. The minimum atomic E-state index is -7.43. The molecule has 0 atom stereocenters. The molecule has 0 fully saturated rings. The lowest BCUT2D eigenvalue weighted by Crippen LogP contribution is -2.63. The molecule has 1 heterocycles. The Balaban J connectivity index is 0.000000567.